The molecular weight excluding hydrogens is 180 g/mol. The molecule has 0 amide bonds. The highest BCUT2D eigenvalue weighted by Gasteiger charge is 2.21. The van der Waals surface area contributed by atoms with E-state index in [9.17, 15) is 0 Å². The van der Waals surface area contributed by atoms with Crippen LogP contribution in [0.1, 0.15) is 20.3 Å². The van der Waals surface area contributed by atoms with E-state index in [2.05, 4.69) is 28.8 Å². The smallest absolute Gasteiger partial charge is 0.0678 e. The van der Waals surface area contributed by atoms with Gasteiger partial charge in [-0.3, -0.25) is 4.90 Å². The quantitative estimate of drug-likeness (QED) is 0.299. The minimum absolute atomic E-state index is 0.318. The van der Waals surface area contributed by atoms with Crippen LogP contribution in [-0.4, -0.2) is 43.3 Å². The molecule has 2 atom stereocenters. The van der Waals surface area contributed by atoms with Crippen LogP contribution in [0.4, 0.5) is 0 Å². The van der Waals surface area contributed by atoms with Gasteiger partial charge >= 0.3 is 0 Å². The van der Waals surface area contributed by atoms with Crippen molar-refractivity contribution in [3.63, 3.8) is 0 Å². The van der Waals surface area contributed by atoms with E-state index in [-0.39, 0.29) is 0 Å². The Hall–Kier alpha value is -0.770. The molecule has 0 bridgehead atoms. The van der Waals surface area contributed by atoms with E-state index < -0.39 is 0 Å². The molecule has 1 heterocycles. The molecular formula is C9H18N4O. The summed E-state index contributed by atoms with van der Waals surface area (Å²) in [6.45, 7) is 7.75. The molecule has 0 saturated carbocycles. The number of ether oxygens (including phenoxy) is 1. The standard InChI is InChI=1S/C9H18N4O/c1-8-6-13(7-9(2)14-8)5-3-4-11-12-10/h8-9H,3-7H2,1-2H3. The van der Waals surface area contributed by atoms with Crippen molar-refractivity contribution in [2.75, 3.05) is 26.2 Å². The van der Waals surface area contributed by atoms with Gasteiger partial charge in [-0.2, -0.15) is 0 Å². The number of nitrogens with zero attached hydrogens (tertiary/aromatic N) is 4. The third-order valence-corrected chi connectivity index (χ3v) is 2.29. The van der Waals surface area contributed by atoms with Gasteiger partial charge in [0.05, 0.1) is 12.2 Å². The fourth-order valence-electron chi connectivity index (χ4n) is 1.88. The van der Waals surface area contributed by atoms with Crippen LogP contribution in [0.25, 0.3) is 10.4 Å². The highest BCUT2D eigenvalue weighted by Crippen LogP contribution is 2.10. The maximum Gasteiger partial charge on any atom is 0.0678 e. The molecule has 14 heavy (non-hydrogen) atoms. The minimum Gasteiger partial charge on any atom is -0.373 e. The summed E-state index contributed by atoms with van der Waals surface area (Å²) >= 11 is 0. The van der Waals surface area contributed by atoms with Gasteiger partial charge in [0.15, 0.2) is 0 Å². The van der Waals surface area contributed by atoms with Crippen LogP contribution < -0.4 is 0 Å². The van der Waals surface area contributed by atoms with Crippen LogP contribution in [0.5, 0.6) is 0 Å². The summed E-state index contributed by atoms with van der Waals surface area (Å²) in [4.78, 5) is 5.10. The van der Waals surface area contributed by atoms with Crippen molar-refractivity contribution in [1.29, 1.82) is 0 Å². The summed E-state index contributed by atoms with van der Waals surface area (Å²) in [6, 6.07) is 0. The molecule has 0 aromatic heterocycles. The van der Waals surface area contributed by atoms with E-state index in [0.717, 1.165) is 26.1 Å². The Bertz CT molecular complexity index is 205. The monoisotopic (exact) mass is 198 g/mol. The molecule has 0 radical (unpaired) electrons. The Morgan fingerprint density at radius 2 is 2.07 bits per heavy atom. The van der Waals surface area contributed by atoms with Gasteiger partial charge in [0.2, 0.25) is 0 Å². The molecule has 0 aromatic carbocycles. The molecule has 0 N–H and O–H groups in total. The normalized spacial score (nSPS) is 28.4. The SMILES string of the molecule is CC1CN(CCCN=[N+]=[N-])CC(C)O1. The molecule has 1 aliphatic rings. The predicted octanol–water partition coefficient (Wildman–Crippen LogP) is 1.80. The maximum atomic E-state index is 8.11. The number of morpholine rings is 1. The van der Waals surface area contributed by atoms with Gasteiger partial charge in [-0.15, -0.1) is 0 Å². The molecule has 1 saturated heterocycles. The van der Waals surface area contributed by atoms with E-state index in [0.29, 0.717) is 18.8 Å². The van der Waals surface area contributed by atoms with Gasteiger partial charge in [-0.05, 0) is 32.3 Å². The first-order chi connectivity index (χ1) is 6.72. The van der Waals surface area contributed by atoms with Gasteiger partial charge in [0.25, 0.3) is 0 Å². The lowest BCUT2D eigenvalue weighted by atomic mass is 10.2. The van der Waals surface area contributed by atoms with Crippen molar-refractivity contribution in [2.24, 2.45) is 5.11 Å². The second kappa shape index (κ2) is 5.86. The van der Waals surface area contributed by atoms with Gasteiger partial charge in [0, 0.05) is 24.5 Å². The highest BCUT2D eigenvalue weighted by atomic mass is 16.5. The first-order valence-electron chi connectivity index (χ1n) is 5.11. The van der Waals surface area contributed by atoms with Crippen LogP contribution in [-0.2, 0) is 4.74 Å². The lowest BCUT2D eigenvalue weighted by Crippen LogP contribution is -2.45. The molecule has 1 rings (SSSR count). The Labute approximate surface area is 84.7 Å². The second-order valence-electron chi connectivity index (χ2n) is 3.82. The van der Waals surface area contributed by atoms with Crippen molar-refractivity contribution in [3.8, 4) is 0 Å². The average molecular weight is 198 g/mol. The first-order valence-corrected chi connectivity index (χ1v) is 5.11. The van der Waals surface area contributed by atoms with E-state index in [1.165, 1.54) is 0 Å². The molecule has 80 valence electrons. The lowest BCUT2D eigenvalue weighted by molar-refractivity contribution is -0.0679. The number of hydrogen-bond acceptors (Lipinski definition) is 3. The zero-order valence-electron chi connectivity index (χ0n) is 8.89. The molecule has 1 fully saturated rings. The Morgan fingerprint density at radius 1 is 1.43 bits per heavy atom. The summed E-state index contributed by atoms with van der Waals surface area (Å²) in [7, 11) is 0. The highest BCUT2D eigenvalue weighted by molar-refractivity contribution is 4.73. The van der Waals surface area contributed by atoms with Crippen LogP contribution in [0.15, 0.2) is 5.11 Å². The van der Waals surface area contributed by atoms with Crippen LogP contribution >= 0.6 is 0 Å². The van der Waals surface area contributed by atoms with E-state index >= 15 is 0 Å². The van der Waals surface area contributed by atoms with Gasteiger partial charge < -0.3 is 4.74 Å². The summed E-state index contributed by atoms with van der Waals surface area (Å²) in [5.41, 5.74) is 8.11. The van der Waals surface area contributed by atoms with Crippen LogP contribution in [0.2, 0.25) is 0 Å². The van der Waals surface area contributed by atoms with E-state index in [4.69, 9.17) is 10.3 Å². The Morgan fingerprint density at radius 3 is 2.64 bits per heavy atom. The summed E-state index contributed by atoms with van der Waals surface area (Å²) in [6.07, 6.45) is 1.57. The van der Waals surface area contributed by atoms with Crippen molar-refractivity contribution < 1.29 is 4.74 Å². The predicted molar refractivity (Wildman–Crippen MR) is 55.1 cm³/mol. The van der Waals surface area contributed by atoms with Crippen molar-refractivity contribution in [1.82, 2.24) is 4.90 Å². The second-order valence-corrected chi connectivity index (χ2v) is 3.82. The maximum absolute atomic E-state index is 8.11. The largest absolute Gasteiger partial charge is 0.373 e. The summed E-state index contributed by atoms with van der Waals surface area (Å²) in [5.74, 6) is 0. The molecule has 0 aliphatic carbocycles. The minimum atomic E-state index is 0.318. The molecule has 1 aliphatic heterocycles. The van der Waals surface area contributed by atoms with Crippen LogP contribution in [0.3, 0.4) is 0 Å². The summed E-state index contributed by atoms with van der Waals surface area (Å²) < 4.78 is 5.62. The average Bonchev–Trinajstić information content (AvgIpc) is 2.11. The van der Waals surface area contributed by atoms with Gasteiger partial charge in [-0.25, -0.2) is 0 Å². The molecule has 5 nitrogen and oxygen atoms in total. The molecule has 5 heteroatoms. The Kier molecular flexibility index (Phi) is 4.73. The first kappa shape index (κ1) is 11.3. The van der Waals surface area contributed by atoms with Gasteiger partial charge in [-0.1, -0.05) is 5.11 Å². The molecule has 2 unspecified atom stereocenters. The van der Waals surface area contributed by atoms with Crippen molar-refractivity contribution >= 4 is 0 Å². The topological polar surface area (TPSA) is 61.2 Å². The summed E-state index contributed by atoms with van der Waals surface area (Å²) in [5, 5.41) is 3.52. The van der Waals surface area contributed by atoms with Crippen molar-refractivity contribution in [3.05, 3.63) is 10.4 Å². The van der Waals surface area contributed by atoms with Crippen LogP contribution in [0, 0.1) is 0 Å². The third-order valence-electron chi connectivity index (χ3n) is 2.29. The van der Waals surface area contributed by atoms with E-state index in [1.54, 1.807) is 0 Å². The number of hydrogen-bond donors (Lipinski definition) is 0. The fourth-order valence-corrected chi connectivity index (χ4v) is 1.88. The Balaban J connectivity index is 2.19. The zero-order chi connectivity index (χ0) is 10.4. The van der Waals surface area contributed by atoms with E-state index in [1.807, 2.05) is 0 Å². The number of azide groups is 1. The fraction of sp³-hybridized carbons (Fsp3) is 1.00. The number of rotatable bonds is 4. The molecule has 0 spiro atoms. The molecule has 0 aromatic rings. The zero-order valence-corrected chi connectivity index (χ0v) is 8.89. The lowest BCUT2D eigenvalue weighted by Gasteiger charge is -2.35. The van der Waals surface area contributed by atoms with Crippen molar-refractivity contribution in [2.45, 2.75) is 32.5 Å². The van der Waals surface area contributed by atoms with Gasteiger partial charge in [0.1, 0.15) is 0 Å². The third kappa shape index (κ3) is 3.96.